The average molecular weight is 239 g/mol. The highest BCUT2D eigenvalue weighted by Gasteiger charge is 2.16. The van der Waals surface area contributed by atoms with Crippen molar-refractivity contribution in [1.82, 2.24) is 4.98 Å². The zero-order valence-electron chi connectivity index (χ0n) is 11.0. The van der Waals surface area contributed by atoms with E-state index in [0.29, 0.717) is 17.9 Å². The van der Waals surface area contributed by atoms with E-state index in [1.54, 1.807) is 13.3 Å². The molecule has 0 aliphatic rings. The van der Waals surface area contributed by atoms with E-state index in [2.05, 4.69) is 4.98 Å². The maximum absolute atomic E-state index is 9.17. The van der Waals surface area contributed by atoms with E-state index in [1.165, 1.54) is 0 Å². The van der Waals surface area contributed by atoms with Crippen LogP contribution in [0.4, 0.5) is 0 Å². The average Bonchev–Trinajstić information content (AvgIpc) is 2.29. The number of ether oxygens (including phenoxy) is 2. The van der Waals surface area contributed by atoms with Gasteiger partial charge >= 0.3 is 0 Å². The largest absolute Gasteiger partial charge is 0.493 e. The molecule has 0 bridgehead atoms. The van der Waals surface area contributed by atoms with E-state index in [4.69, 9.17) is 9.47 Å². The first-order chi connectivity index (χ1) is 7.98. The van der Waals surface area contributed by atoms with Crippen molar-refractivity contribution in [2.75, 3.05) is 13.7 Å². The maximum atomic E-state index is 9.17. The molecule has 4 nitrogen and oxygen atoms in total. The molecule has 1 N–H and O–H groups in total. The monoisotopic (exact) mass is 239 g/mol. The maximum Gasteiger partial charge on any atom is 0.128 e. The van der Waals surface area contributed by atoms with Gasteiger partial charge in [-0.2, -0.15) is 0 Å². The summed E-state index contributed by atoms with van der Waals surface area (Å²) < 4.78 is 11.0. The number of aryl methyl sites for hydroxylation is 1. The second kappa shape index (κ2) is 5.98. The molecule has 0 fully saturated rings. The minimum absolute atomic E-state index is 0.0592. The summed E-state index contributed by atoms with van der Waals surface area (Å²) >= 11 is 0. The Hall–Kier alpha value is -1.13. The summed E-state index contributed by atoms with van der Waals surface area (Å²) in [6.07, 6.45) is 2.43. The van der Waals surface area contributed by atoms with E-state index in [0.717, 1.165) is 12.1 Å². The Morgan fingerprint density at radius 2 is 2.12 bits per heavy atom. The molecule has 0 saturated carbocycles. The molecular formula is C13H21NO3. The Kier molecular flexibility index (Phi) is 4.90. The Morgan fingerprint density at radius 3 is 2.71 bits per heavy atom. The number of hydrogen-bond donors (Lipinski definition) is 1. The van der Waals surface area contributed by atoms with Gasteiger partial charge in [0.2, 0.25) is 0 Å². The molecule has 0 aromatic carbocycles. The molecule has 1 aromatic heterocycles. The van der Waals surface area contributed by atoms with Crippen molar-refractivity contribution in [3.05, 3.63) is 23.5 Å². The number of pyridine rings is 1. The van der Waals surface area contributed by atoms with Gasteiger partial charge in [-0.3, -0.25) is 4.98 Å². The van der Waals surface area contributed by atoms with Crippen molar-refractivity contribution >= 4 is 0 Å². The van der Waals surface area contributed by atoms with Crippen molar-refractivity contribution in [3.8, 4) is 5.75 Å². The Balaban J connectivity index is 2.59. The Labute approximate surface area is 103 Å². The molecule has 0 radical (unpaired) electrons. The summed E-state index contributed by atoms with van der Waals surface area (Å²) in [6.45, 7) is 6.42. The molecule has 0 aliphatic heterocycles. The van der Waals surface area contributed by atoms with Crippen LogP contribution in [0.3, 0.4) is 0 Å². The zero-order chi connectivity index (χ0) is 12.9. The lowest BCUT2D eigenvalue weighted by Crippen LogP contribution is -2.25. The molecule has 0 unspecified atom stereocenters. The summed E-state index contributed by atoms with van der Waals surface area (Å²) in [5, 5.41) is 9.17. The number of methoxy groups -OCH3 is 1. The van der Waals surface area contributed by atoms with E-state index in [-0.39, 0.29) is 12.2 Å². The fraction of sp³-hybridized carbons (Fsp3) is 0.615. The highest BCUT2D eigenvalue weighted by molar-refractivity contribution is 5.32. The molecule has 96 valence electrons. The van der Waals surface area contributed by atoms with Gasteiger partial charge in [0.1, 0.15) is 5.75 Å². The number of aromatic nitrogens is 1. The number of nitrogens with zero attached hydrogens (tertiary/aromatic N) is 1. The molecule has 0 saturated heterocycles. The third kappa shape index (κ3) is 4.32. The predicted octanol–water partition coefficient (Wildman–Crippen LogP) is 2.08. The van der Waals surface area contributed by atoms with Crippen molar-refractivity contribution in [2.45, 2.75) is 39.4 Å². The van der Waals surface area contributed by atoms with Crippen LogP contribution in [0, 0.1) is 6.92 Å². The Morgan fingerprint density at radius 1 is 1.41 bits per heavy atom. The number of aliphatic hydroxyl groups is 1. The van der Waals surface area contributed by atoms with E-state index < -0.39 is 0 Å². The second-order valence-corrected chi connectivity index (χ2v) is 4.65. The van der Waals surface area contributed by atoms with E-state index in [1.807, 2.05) is 26.8 Å². The predicted molar refractivity (Wildman–Crippen MR) is 66.1 cm³/mol. The quantitative estimate of drug-likeness (QED) is 0.825. The third-order valence-electron chi connectivity index (χ3n) is 2.77. The fourth-order valence-corrected chi connectivity index (χ4v) is 1.32. The van der Waals surface area contributed by atoms with Crippen LogP contribution in [0.1, 0.15) is 31.5 Å². The van der Waals surface area contributed by atoms with Crippen molar-refractivity contribution in [2.24, 2.45) is 0 Å². The van der Waals surface area contributed by atoms with Crippen LogP contribution in [0.25, 0.3) is 0 Å². The molecule has 1 heterocycles. The highest BCUT2D eigenvalue weighted by Crippen LogP contribution is 2.20. The van der Waals surface area contributed by atoms with Crippen molar-refractivity contribution in [1.29, 1.82) is 0 Å². The van der Waals surface area contributed by atoms with Gasteiger partial charge in [0.25, 0.3) is 0 Å². The lowest BCUT2D eigenvalue weighted by Gasteiger charge is -2.23. The van der Waals surface area contributed by atoms with Crippen LogP contribution in [-0.4, -0.2) is 29.4 Å². The Bertz CT molecular complexity index is 364. The summed E-state index contributed by atoms with van der Waals surface area (Å²) in [7, 11) is 1.69. The van der Waals surface area contributed by atoms with Crippen LogP contribution in [0.2, 0.25) is 0 Å². The van der Waals surface area contributed by atoms with Crippen LogP contribution >= 0.6 is 0 Å². The minimum atomic E-state index is -0.193. The zero-order valence-corrected chi connectivity index (χ0v) is 11.0. The molecule has 0 spiro atoms. The molecule has 17 heavy (non-hydrogen) atoms. The summed E-state index contributed by atoms with van der Waals surface area (Å²) in [4.78, 5) is 4.12. The third-order valence-corrected chi connectivity index (χ3v) is 2.77. The molecular weight excluding hydrogens is 218 g/mol. The van der Waals surface area contributed by atoms with Gasteiger partial charge in [-0.25, -0.2) is 0 Å². The number of aliphatic hydroxyl groups excluding tert-OH is 1. The fourth-order valence-electron chi connectivity index (χ4n) is 1.32. The number of hydrogen-bond acceptors (Lipinski definition) is 4. The van der Waals surface area contributed by atoms with Crippen LogP contribution < -0.4 is 4.74 Å². The van der Waals surface area contributed by atoms with Crippen LogP contribution in [0.15, 0.2) is 12.3 Å². The van der Waals surface area contributed by atoms with Gasteiger partial charge in [0.05, 0.1) is 18.8 Å². The lowest BCUT2D eigenvalue weighted by atomic mass is 10.1. The first-order valence-electron chi connectivity index (χ1n) is 5.73. The SMILES string of the molecule is COC(C)(C)CCOc1cc(C)ncc1CO. The molecule has 0 aliphatic carbocycles. The van der Waals surface area contributed by atoms with Crippen molar-refractivity contribution in [3.63, 3.8) is 0 Å². The van der Waals surface area contributed by atoms with Gasteiger partial charge < -0.3 is 14.6 Å². The molecule has 1 rings (SSSR count). The van der Waals surface area contributed by atoms with Gasteiger partial charge in [-0.15, -0.1) is 0 Å². The van der Waals surface area contributed by atoms with Crippen molar-refractivity contribution < 1.29 is 14.6 Å². The first-order valence-corrected chi connectivity index (χ1v) is 5.73. The smallest absolute Gasteiger partial charge is 0.128 e. The molecule has 0 amide bonds. The standard InChI is InChI=1S/C13H21NO3/c1-10-7-12(11(9-15)8-14-10)17-6-5-13(2,3)16-4/h7-8,15H,5-6,9H2,1-4H3. The van der Waals surface area contributed by atoms with Crippen LogP contribution in [0.5, 0.6) is 5.75 Å². The number of rotatable bonds is 6. The van der Waals surface area contributed by atoms with Gasteiger partial charge in [-0.05, 0) is 20.8 Å². The van der Waals surface area contributed by atoms with Gasteiger partial charge in [-0.1, -0.05) is 0 Å². The molecule has 1 aromatic rings. The van der Waals surface area contributed by atoms with Gasteiger partial charge in [0, 0.05) is 37.1 Å². The second-order valence-electron chi connectivity index (χ2n) is 4.65. The highest BCUT2D eigenvalue weighted by atomic mass is 16.5. The summed E-state index contributed by atoms with van der Waals surface area (Å²) in [5.74, 6) is 0.701. The topological polar surface area (TPSA) is 51.6 Å². The molecule has 0 atom stereocenters. The lowest BCUT2D eigenvalue weighted by molar-refractivity contribution is 0.00529. The van der Waals surface area contributed by atoms with E-state index >= 15 is 0 Å². The first kappa shape index (κ1) is 13.9. The summed E-state index contributed by atoms with van der Waals surface area (Å²) in [5.41, 5.74) is 1.40. The minimum Gasteiger partial charge on any atom is -0.493 e. The van der Waals surface area contributed by atoms with Crippen LogP contribution in [-0.2, 0) is 11.3 Å². The summed E-state index contributed by atoms with van der Waals surface area (Å²) in [6, 6.07) is 1.84. The van der Waals surface area contributed by atoms with Gasteiger partial charge in [0.15, 0.2) is 0 Å². The molecule has 4 heteroatoms. The normalized spacial score (nSPS) is 11.6. The van der Waals surface area contributed by atoms with E-state index in [9.17, 15) is 5.11 Å².